The summed E-state index contributed by atoms with van der Waals surface area (Å²) in [5, 5.41) is 9.86. The summed E-state index contributed by atoms with van der Waals surface area (Å²) in [5.41, 5.74) is 2.03. The van der Waals surface area contributed by atoms with Crippen LogP contribution in [0.3, 0.4) is 0 Å². The van der Waals surface area contributed by atoms with Crippen molar-refractivity contribution in [1.82, 2.24) is 4.90 Å². The summed E-state index contributed by atoms with van der Waals surface area (Å²) in [5.74, 6) is 1.61. The molecular formula is C18H19NO2. The molecule has 0 bridgehead atoms. The SMILES string of the molecule is CN1CC[C@]2(c3cccc(O)c3)Oc3ccccc3[C@@H]2C1. The van der Waals surface area contributed by atoms with E-state index >= 15 is 0 Å². The average Bonchev–Trinajstić information content (AvgIpc) is 2.82. The van der Waals surface area contributed by atoms with Gasteiger partial charge in [0, 0.05) is 31.0 Å². The van der Waals surface area contributed by atoms with Gasteiger partial charge in [0.05, 0.1) is 0 Å². The number of benzene rings is 2. The number of fused-ring (bicyclic) bond motifs is 3. The number of aromatic hydroxyl groups is 1. The van der Waals surface area contributed by atoms with Gasteiger partial charge < -0.3 is 14.7 Å². The van der Waals surface area contributed by atoms with Crippen LogP contribution in [0.2, 0.25) is 0 Å². The molecule has 0 saturated carbocycles. The Bertz CT molecular complexity index is 684. The highest BCUT2D eigenvalue weighted by atomic mass is 16.5. The van der Waals surface area contributed by atoms with Crippen molar-refractivity contribution < 1.29 is 9.84 Å². The van der Waals surface area contributed by atoms with Crippen LogP contribution in [-0.2, 0) is 5.60 Å². The second kappa shape index (κ2) is 4.50. The monoisotopic (exact) mass is 281 g/mol. The number of phenolic OH excluding ortho intramolecular Hbond substituents is 1. The van der Waals surface area contributed by atoms with Gasteiger partial charge in [0.15, 0.2) is 0 Å². The van der Waals surface area contributed by atoms with Gasteiger partial charge in [-0.1, -0.05) is 30.3 Å². The lowest BCUT2D eigenvalue weighted by atomic mass is 9.74. The van der Waals surface area contributed by atoms with Crippen LogP contribution >= 0.6 is 0 Å². The molecule has 2 heterocycles. The molecule has 4 rings (SSSR count). The highest BCUT2D eigenvalue weighted by Gasteiger charge is 2.51. The zero-order chi connectivity index (χ0) is 14.4. The van der Waals surface area contributed by atoms with E-state index < -0.39 is 0 Å². The van der Waals surface area contributed by atoms with Crippen molar-refractivity contribution in [2.75, 3.05) is 20.1 Å². The Hall–Kier alpha value is -2.00. The fourth-order valence-electron chi connectivity index (χ4n) is 3.78. The largest absolute Gasteiger partial charge is 0.508 e. The minimum Gasteiger partial charge on any atom is -0.508 e. The van der Waals surface area contributed by atoms with Crippen LogP contribution in [0.5, 0.6) is 11.5 Å². The van der Waals surface area contributed by atoms with E-state index in [2.05, 4.69) is 36.2 Å². The highest BCUT2D eigenvalue weighted by Crippen LogP contribution is 2.54. The lowest BCUT2D eigenvalue weighted by Crippen LogP contribution is -2.47. The van der Waals surface area contributed by atoms with Gasteiger partial charge in [-0.3, -0.25) is 0 Å². The predicted octanol–water partition coefficient (Wildman–Crippen LogP) is 3.10. The van der Waals surface area contributed by atoms with Gasteiger partial charge >= 0.3 is 0 Å². The van der Waals surface area contributed by atoms with Crippen molar-refractivity contribution in [3.63, 3.8) is 0 Å². The van der Waals surface area contributed by atoms with Crippen molar-refractivity contribution in [3.05, 3.63) is 59.7 Å². The van der Waals surface area contributed by atoms with Crippen molar-refractivity contribution in [1.29, 1.82) is 0 Å². The van der Waals surface area contributed by atoms with Crippen molar-refractivity contribution in [2.24, 2.45) is 0 Å². The van der Waals surface area contributed by atoms with E-state index in [-0.39, 0.29) is 5.60 Å². The fraction of sp³-hybridized carbons (Fsp3) is 0.333. The molecule has 21 heavy (non-hydrogen) atoms. The van der Waals surface area contributed by atoms with E-state index in [0.717, 1.165) is 30.8 Å². The zero-order valence-corrected chi connectivity index (χ0v) is 12.1. The highest BCUT2D eigenvalue weighted by molar-refractivity contribution is 5.48. The lowest BCUT2D eigenvalue weighted by molar-refractivity contribution is 0.00688. The Kier molecular flexibility index (Phi) is 2.73. The number of likely N-dealkylation sites (N-methyl/N-ethyl adjacent to an activating group) is 1. The third-order valence-electron chi connectivity index (χ3n) is 4.84. The smallest absolute Gasteiger partial charge is 0.143 e. The molecule has 1 saturated heterocycles. The summed E-state index contributed by atoms with van der Waals surface area (Å²) >= 11 is 0. The topological polar surface area (TPSA) is 32.7 Å². The van der Waals surface area contributed by atoms with Gasteiger partial charge in [0.25, 0.3) is 0 Å². The summed E-state index contributed by atoms with van der Waals surface area (Å²) in [6.07, 6.45) is 0.937. The second-order valence-corrected chi connectivity index (χ2v) is 6.14. The van der Waals surface area contributed by atoms with Crippen LogP contribution in [0, 0.1) is 0 Å². The summed E-state index contributed by atoms with van der Waals surface area (Å²) in [4.78, 5) is 2.36. The first kappa shape index (κ1) is 12.7. The molecule has 3 nitrogen and oxygen atoms in total. The Labute approximate surface area is 124 Å². The van der Waals surface area contributed by atoms with Crippen LogP contribution in [0.1, 0.15) is 23.5 Å². The number of ether oxygens (including phenoxy) is 1. The van der Waals surface area contributed by atoms with E-state index in [1.54, 1.807) is 6.07 Å². The molecule has 1 N–H and O–H groups in total. The summed E-state index contributed by atoms with van der Waals surface area (Å²) < 4.78 is 6.45. The number of rotatable bonds is 1. The molecule has 0 aliphatic carbocycles. The normalized spacial score (nSPS) is 27.8. The number of phenols is 1. The zero-order valence-electron chi connectivity index (χ0n) is 12.1. The quantitative estimate of drug-likeness (QED) is 0.872. The van der Waals surface area contributed by atoms with Crippen LogP contribution in [-0.4, -0.2) is 30.1 Å². The third kappa shape index (κ3) is 1.84. The first-order valence-electron chi connectivity index (χ1n) is 7.45. The van der Waals surface area contributed by atoms with E-state index in [1.807, 2.05) is 18.2 Å². The molecule has 0 aromatic heterocycles. The van der Waals surface area contributed by atoms with Gasteiger partial charge in [-0.2, -0.15) is 0 Å². The van der Waals surface area contributed by atoms with E-state index in [4.69, 9.17) is 4.74 Å². The molecule has 108 valence electrons. The van der Waals surface area contributed by atoms with Crippen LogP contribution in [0.4, 0.5) is 0 Å². The minimum absolute atomic E-state index is 0.305. The Morgan fingerprint density at radius 1 is 1.19 bits per heavy atom. The molecule has 2 aliphatic heterocycles. The number of likely N-dealkylation sites (tertiary alicyclic amines) is 1. The summed E-state index contributed by atoms with van der Waals surface area (Å²) in [6.45, 7) is 1.98. The standard InChI is InChI=1S/C18H19NO2/c1-19-10-9-18(13-5-4-6-14(20)11-13)16(12-19)15-7-2-3-8-17(15)21-18/h2-8,11,16,20H,9-10,12H2,1H3/t16-,18+/m0/s1. The van der Waals surface area contributed by atoms with Crippen molar-refractivity contribution in [2.45, 2.75) is 17.9 Å². The maximum atomic E-state index is 9.86. The first-order valence-corrected chi connectivity index (χ1v) is 7.45. The van der Waals surface area contributed by atoms with E-state index in [0.29, 0.717) is 11.7 Å². The molecule has 2 atom stereocenters. The summed E-state index contributed by atoms with van der Waals surface area (Å²) in [6, 6.07) is 15.9. The molecule has 0 amide bonds. The maximum Gasteiger partial charge on any atom is 0.143 e. The average molecular weight is 281 g/mol. The van der Waals surface area contributed by atoms with E-state index in [9.17, 15) is 5.11 Å². The molecule has 2 aromatic rings. The maximum absolute atomic E-state index is 9.86. The third-order valence-corrected chi connectivity index (χ3v) is 4.84. The van der Waals surface area contributed by atoms with E-state index in [1.165, 1.54) is 5.56 Å². The Balaban J connectivity index is 1.87. The molecule has 0 radical (unpaired) electrons. The predicted molar refractivity (Wildman–Crippen MR) is 81.7 cm³/mol. The molecular weight excluding hydrogens is 262 g/mol. The van der Waals surface area contributed by atoms with Gasteiger partial charge in [0.1, 0.15) is 17.1 Å². The number of para-hydroxylation sites is 1. The first-order chi connectivity index (χ1) is 10.2. The van der Waals surface area contributed by atoms with Crippen molar-refractivity contribution in [3.8, 4) is 11.5 Å². The second-order valence-electron chi connectivity index (χ2n) is 6.14. The van der Waals surface area contributed by atoms with Crippen LogP contribution in [0.15, 0.2) is 48.5 Å². The number of hydrogen-bond acceptors (Lipinski definition) is 3. The Morgan fingerprint density at radius 2 is 2.05 bits per heavy atom. The van der Waals surface area contributed by atoms with Crippen LogP contribution < -0.4 is 4.74 Å². The molecule has 2 aliphatic rings. The Morgan fingerprint density at radius 3 is 2.90 bits per heavy atom. The van der Waals surface area contributed by atoms with Gasteiger partial charge in [-0.05, 0) is 30.8 Å². The molecule has 0 unspecified atom stereocenters. The molecule has 1 fully saturated rings. The van der Waals surface area contributed by atoms with Gasteiger partial charge in [-0.25, -0.2) is 0 Å². The number of nitrogens with zero attached hydrogens (tertiary/aromatic N) is 1. The molecule has 3 heteroatoms. The van der Waals surface area contributed by atoms with Gasteiger partial charge in [-0.15, -0.1) is 0 Å². The van der Waals surface area contributed by atoms with Crippen LogP contribution in [0.25, 0.3) is 0 Å². The minimum atomic E-state index is -0.338. The van der Waals surface area contributed by atoms with Crippen molar-refractivity contribution >= 4 is 0 Å². The lowest BCUT2D eigenvalue weighted by Gasteiger charge is -2.42. The molecule has 0 spiro atoms. The fourth-order valence-corrected chi connectivity index (χ4v) is 3.78. The number of hydrogen-bond donors (Lipinski definition) is 1. The molecule has 2 aromatic carbocycles. The summed E-state index contributed by atoms with van der Waals surface area (Å²) in [7, 11) is 2.16. The van der Waals surface area contributed by atoms with Gasteiger partial charge in [0.2, 0.25) is 0 Å². The number of piperidine rings is 1.